The minimum Gasteiger partial charge on any atom is -0.494 e. The first kappa shape index (κ1) is 14.9. The largest absolute Gasteiger partial charge is 0.494 e. The highest BCUT2D eigenvalue weighted by atomic mass is 35.5. The zero-order chi connectivity index (χ0) is 15.7. The van der Waals surface area contributed by atoms with E-state index in [4.69, 9.17) is 21.4 Å². The molecule has 0 bridgehead atoms. The molecule has 1 aromatic carbocycles. The second-order valence-corrected chi connectivity index (χ2v) is 5.84. The Morgan fingerprint density at radius 2 is 2.09 bits per heavy atom. The third-order valence-corrected chi connectivity index (χ3v) is 4.36. The summed E-state index contributed by atoms with van der Waals surface area (Å²) in [5.74, 6) is -0.475. The van der Waals surface area contributed by atoms with Gasteiger partial charge in [0.1, 0.15) is 11.4 Å². The molecule has 6 heteroatoms. The number of nitrogens with zero attached hydrogens (tertiary/aromatic N) is 1. The number of rotatable bonds is 3. The molecule has 1 aliphatic carbocycles. The predicted molar refractivity (Wildman–Crippen MR) is 83.8 cm³/mol. The van der Waals surface area contributed by atoms with Crippen LogP contribution >= 0.6 is 11.6 Å². The zero-order valence-electron chi connectivity index (χ0n) is 12.3. The summed E-state index contributed by atoms with van der Waals surface area (Å²) in [4.78, 5) is 11.1. The molecule has 0 saturated carbocycles. The maximum Gasteiger partial charge on any atom is 0.353 e. The van der Waals surface area contributed by atoms with Crippen LogP contribution in [-0.2, 0) is 12.8 Å². The fourth-order valence-corrected chi connectivity index (χ4v) is 3.36. The Hall–Kier alpha value is -2.01. The Bertz CT molecular complexity index is 724. The lowest BCUT2D eigenvalue weighted by atomic mass is 9.94. The zero-order valence-corrected chi connectivity index (χ0v) is 13.0. The summed E-state index contributed by atoms with van der Waals surface area (Å²) >= 11 is 6.36. The Morgan fingerprint density at radius 1 is 1.32 bits per heavy atom. The van der Waals surface area contributed by atoms with Gasteiger partial charge in [-0.25, -0.2) is 4.79 Å². The van der Waals surface area contributed by atoms with E-state index in [-0.39, 0.29) is 5.69 Å². The molecule has 0 atom stereocenters. The lowest BCUT2D eigenvalue weighted by Gasteiger charge is -2.16. The van der Waals surface area contributed by atoms with Gasteiger partial charge in [0, 0.05) is 5.56 Å². The first-order valence-corrected chi connectivity index (χ1v) is 7.67. The van der Waals surface area contributed by atoms with Crippen LogP contribution in [0.2, 0.25) is 5.02 Å². The number of carbonyl (C=O) groups is 1. The number of hydrogen-bond donors (Lipinski definition) is 2. The number of nitrogens with one attached hydrogen (secondary N) is 1. The number of carboxylic acid groups (broad SMARTS) is 1. The van der Waals surface area contributed by atoms with Crippen LogP contribution in [0.5, 0.6) is 5.75 Å². The van der Waals surface area contributed by atoms with E-state index in [0.29, 0.717) is 16.5 Å². The number of benzene rings is 1. The summed E-state index contributed by atoms with van der Waals surface area (Å²) in [7, 11) is 1.57. The van der Waals surface area contributed by atoms with E-state index in [0.717, 1.165) is 31.2 Å². The molecule has 0 amide bonds. The molecule has 0 unspecified atom stereocenters. The first-order valence-electron chi connectivity index (χ1n) is 7.29. The summed E-state index contributed by atoms with van der Waals surface area (Å²) in [6.45, 7) is 0. The maximum absolute atomic E-state index is 11.1. The van der Waals surface area contributed by atoms with Crippen molar-refractivity contribution in [3.8, 4) is 17.0 Å². The fourth-order valence-electron chi connectivity index (χ4n) is 3.06. The van der Waals surface area contributed by atoms with Crippen molar-refractivity contribution in [2.45, 2.75) is 32.1 Å². The van der Waals surface area contributed by atoms with Gasteiger partial charge in [-0.05, 0) is 48.9 Å². The Morgan fingerprint density at radius 3 is 2.77 bits per heavy atom. The summed E-state index contributed by atoms with van der Waals surface area (Å²) in [6, 6.07) is 3.50. The number of H-pyrrole nitrogens is 1. The molecule has 22 heavy (non-hydrogen) atoms. The van der Waals surface area contributed by atoms with Gasteiger partial charge in [-0.2, -0.15) is 5.10 Å². The molecule has 2 N–H and O–H groups in total. The molecule has 2 aromatic rings. The third kappa shape index (κ3) is 2.57. The Balaban J connectivity index is 2.22. The van der Waals surface area contributed by atoms with Crippen molar-refractivity contribution in [1.29, 1.82) is 0 Å². The molecule has 116 valence electrons. The van der Waals surface area contributed by atoms with Crippen LogP contribution in [0.15, 0.2) is 12.1 Å². The number of methoxy groups -OCH3 is 1. The SMILES string of the molecule is COc1c(Cl)cc2c(c1-c1cc(C(=O)O)[nH]n1)CCCCC2. The molecular weight excluding hydrogens is 304 g/mol. The number of fused-ring (bicyclic) bond motifs is 1. The van der Waals surface area contributed by atoms with Gasteiger partial charge in [-0.1, -0.05) is 18.0 Å². The van der Waals surface area contributed by atoms with Crippen molar-refractivity contribution in [1.82, 2.24) is 10.2 Å². The summed E-state index contributed by atoms with van der Waals surface area (Å²) in [6.07, 6.45) is 5.31. The van der Waals surface area contributed by atoms with Gasteiger partial charge >= 0.3 is 5.97 Å². The highest BCUT2D eigenvalue weighted by Gasteiger charge is 2.23. The summed E-state index contributed by atoms with van der Waals surface area (Å²) in [5.41, 5.74) is 3.81. The summed E-state index contributed by atoms with van der Waals surface area (Å²) in [5, 5.41) is 16.3. The molecule has 0 fully saturated rings. The van der Waals surface area contributed by atoms with Crippen LogP contribution in [0.25, 0.3) is 11.3 Å². The van der Waals surface area contributed by atoms with Crippen LogP contribution in [0.3, 0.4) is 0 Å². The second kappa shape index (κ2) is 6.01. The highest BCUT2D eigenvalue weighted by molar-refractivity contribution is 6.32. The number of carboxylic acids is 1. The Labute approximate surface area is 133 Å². The van der Waals surface area contributed by atoms with Crippen LogP contribution in [-0.4, -0.2) is 28.4 Å². The van der Waals surface area contributed by atoms with Crippen LogP contribution in [0, 0.1) is 0 Å². The molecule has 0 spiro atoms. The number of aromatic nitrogens is 2. The molecule has 0 radical (unpaired) electrons. The van der Waals surface area contributed by atoms with Crippen LogP contribution < -0.4 is 4.74 Å². The van der Waals surface area contributed by atoms with E-state index in [1.165, 1.54) is 23.6 Å². The number of halogens is 1. The van der Waals surface area contributed by atoms with Gasteiger partial charge < -0.3 is 9.84 Å². The van der Waals surface area contributed by atoms with E-state index >= 15 is 0 Å². The van der Waals surface area contributed by atoms with Crippen molar-refractivity contribution in [2.75, 3.05) is 7.11 Å². The molecule has 1 aliphatic rings. The van der Waals surface area contributed by atoms with E-state index < -0.39 is 5.97 Å². The fraction of sp³-hybridized carbons (Fsp3) is 0.375. The summed E-state index contributed by atoms with van der Waals surface area (Å²) < 4.78 is 5.47. The molecule has 0 aliphatic heterocycles. The Kier molecular flexibility index (Phi) is 4.07. The van der Waals surface area contributed by atoms with Crippen molar-refractivity contribution >= 4 is 17.6 Å². The molecular formula is C16H17ClN2O3. The molecule has 3 rings (SSSR count). The number of aromatic carboxylic acids is 1. The topological polar surface area (TPSA) is 75.2 Å². The lowest BCUT2D eigenvalue weighted by molar-refractivity contribution is 0.0690. The number of hydrogen-bond acceptors (Lipinski definition) is 3. The molecule has 5 nitrogen and oxygen atoms in total. The maximum atomic E-state index is 11.1. The normalized spacial score (nSPS) is 14.3. The van der Waals surface area contributed by atoms with Crippen molar-refractivity contribution in [3.05, 3.63) is 34.0 Å². The van der Waals surface area contributed by atoms with Gasteiger partial charge in [0.2, 0.25) is 0 Å². The quantitative estimate of drug-likeness (QED) is 0.845. The smallest absolute Gasteiger partial charge is 0.353 e. The van der Waals surface area contributed by atoms with Gasteiger partial charge in [-0.15, -0.1) is 0 Å². The molecule has 1 heterocycles. The van der Waals surface area contributed by atoms with E-state index in [2.05, 4.69) is 10.2 Å². The predicted octanol–water partition coefficient (Wildman–Crippen LogP) is 3.71. The van der Waals surface area contributed by atoms with E-state index in [1.807, 2.05) is 6.07 Å². The van der Waals surface area contributed by atoms with Crippen molar-refractivity contribution < 1.29 is 14.6 Å². The van der Waals surface area contributed by atoms with Gasteiger partial charge in [0.15, 0.2) is 0 Å². The van der Waals surface area contributed by atoms with Crippen molar-refractivity contribution in [3.63, 3.8) is 0 Å². The monoisotopic (exact) mass is 320 g/mol. The first-order chi connectivity index (χ1) is 10.6. The average Bonchev–Trinajstić information content (AvgIpc) is 2.86. The van der Waals surface area contributed by atoms with Crippen LogP contribution in [0.4, 0.5) is 0 Å². The highest BCUT2D eigenvalue weighted by Crippen LogP contribution is 2.42. The standard InChI is InChI=1S/C16H17ClN2O3/c1-22-15-11(17)7-9-5-3-2-4-6-10(9)14(15)12-8-13(16(20)21)19-18-12/h7-8H,2-6H2,1H3,(H,18,19)(H,20,21). The van der Waals surface area contributed by atoms with E-state index in [1.54, 1.807) is 7.11 Å². The van der Waals surface area contributed by atoms with Gasteiger partial charge in [-0.3, -0.25) is 5.10 Å². The van der Waals surface area contributed by atoms with Crippen LogP contribution in [0.1, 0.15) is 40.9 Å². The molecule has 1 aromatic heterocycles. The van der Waals surface area contributed by atoms with Gasteiger partial charge in [0.05, 0.1) is 17.8 Å². The second-order valence-electron chi connectivity index (χ2n) is 5.44. The average molecular weight is 321 g/mol. The minimum absolute atomic E-state index is 0.0550. The van der Waals surface area contributed by atoms with Gasteiger partial charge in [0.25, 0.3) is 0 Å². The van der Waals surface area contributed by atoms with E-state index in [9.17, 15) is 4.79 Å². The van der Waals surface area contributed by atoms with Crippen molar-refractivity contribution in [2.24, 2.45) is 0 Å². The third-order valence-electron chi connectivity index (χ3n) is 4.08. The lowest BCUT2D eigenvalue weighted by Crippen LogP contribution is -2.00. The number of aryl methyl sites for hydroxylation is 1. The number of aromatic amines is 1. The molecule has 0 saturated heterocycles. The minimum atomic E-state index is -1.04. The number of ether oxygens (including phenoxy) is 1.